The topological polar surface area (TPSA) is 101 Å². The van der Waals surface area contributed by atoms with Crippen LogP contribution < -0.4 is 15.5 Å². The number of hydrogen-bond donors (Lipinski definition) is 2. The van der Waals surface area contributed by atoms with Crippen molar-refractivity contribution in [2.24, 2.45) is 0 Å². The molecule has 2 N–H and O–H groups in total. The Morgan fingerprint density at radius 1 is 1.38 bits per heavy atom. The molecule has 1 aliphatic heterocycles. The fourth-order valence-electron chi connectivity index (χ4n) is 2.95. The second-order valence-corrected chi connectivity index (χ2v) is 8.03. The molecule has 0 saturated carbocycles. The van der Waals surface area contributed by atoms with Crippen LogP contribution in [-0.2, 0) is 14.3 Å². The fraction of sp³-hybridized carbons (Fsp3) is 0.300. The van der Waals surface area contributed by atoms with E-state index in [9.17, 15) is 14.4 Å². The molecule has 2 heterocycles. The number of esters is 1. The molecule has 2 amide bonds. The van der Waals surface area contributed by atoms with Crippen LogP contribution in [0.25, 0.3) is 0 Å². The lowest BCUT2D eigenvalue weighted by atomic mass is 9.98. The van der Waals surface area contributed by atoms with Crippen molar-refractivity contribution in [3.05, 3.63) is 47.5 Å². The number of thiazole rings is 1. The fourth-order valence-corrected chi connectivity index (χ4v) is 3.83. The molecule has 8 nitrogen and oxygen atoms in total. The molecule has 0 unspecified atom stereocenters. The number of rotatable bonds is 6. The zero-order valence-corrected chi connectivity index (χ0v) is 17.3. The molecule has 1 aliphatic rings. The first-order valence-electron chi connectivity index (χ1n) is 8.97. The number of aromatic nitrogens is 1. The molecule has 0 aliphatic carbocycles. The van der Waals surface area contributed by atoms with E-state index in [1.807, 2.05) is 18.2 Å². The highest BCUT2D eigenvalue weighted by Gasteiger charge is 2.39. The van der Waals surface area contributed by atoms with Gasteiger partial charge in [0.05, 0.1) is 17.1 Å². The first kappa shape index (κ1) is 20.5. The predicted octanol–water partition coefficient (Wildman–Crippen LogP) is 2.97. The van der Waals surface area contributed by atoms with Gasteiger partial charge >= 0.3 is 5.97 Å². The quantitative estimate of drug-likeness (QED) is 0.557. The second kappa shape index (κ2) is 8.04. The monoisotopic (exact) mass is 414 g/mol. The standard InChI is InChI=1S/C20H22N4O4S/c1-5-10-28-17(26)16-12(2)21-19(29-16)22-15(25)11-24-14-9-7-6-8-13(14)23-20(3,4)18(24)27/h5-9,23H,1,10-11H2,2-4H3,(H,21,22,25). The van der Waals surface area contributed by atoms with E-state index < -0.39 is 17.4 Å². The van der Waals surface area contributed by atoms with E-state index in [0.29, 0.717) is 16.3 Å². The third-order valence-corrected chi connectivity index (χ3v) is 5.34. The third-order valence-electron chi connectivity index (χ3n) is 4.28. The van der Waals surface area contributed by atoms with Gasteiger partial charge < -0.3 is 15.4 Å². The molecule has 1 aromatic heterocycles. The number of carbonyl (C=O) groups excluding carboxylic acids is 3. The van der Waals surface area contributed by atoms with Crippen LogP contribution in [0.3, 0.4) is 0 Å². The molecule has 29 heavy (non-hydrogen) atoms. The number of benzene rings is 1. The predicted molar refractivity (Wildman–Crippen MR) is 112 cm³/mol. The minimum absolute atomic E-state index is 0.0954. The number of nitrogens with one attached hydrogen (secondary N) is 2. The van der Waals surface area contributed by atoms with Gasteiger partial charge in [-0.2, -0.15) is 0 Å². The van der Waals surface area contributed by atoms with E-state index in [4.69, 9.17) is 4.74 Å². The number of nitrogens with zero attached hydrogens (tertiary/aromatic N) is 2. The van der Waals surface area contributed by atoms with Gasteiger partial charge in [0.25, 0.3) is 5.91 Å². The Morgan fingerprint density at radius 2 is 2.10 bits per heavy atom. The van der Waals surface area contributed by atoms with E-state index in [0.717, 1.165) is 17.0 Å². The SMILES string of the molecule is C=CCOC(=O)c1sc(NC(=O)CN2C(=O)C(C)(C)Nc3ccccc32)nc1C. The summed E-state index contributed by atoms with van der Waals surface area (Å²) in [6.45, 7) is 8.62. The van der Waals surface area contributed by atoms with Gasteiger partial charge in [-0.25, -0.2) is 9.78 Å². The minimum atomic E-state index is -0.839. The maximum Gasteiger partial charge on any atom is 0.350 e. The largest absolute Gasteiger partial charge is 0.457 e. The molecule has 2 aromatic rings. The minimum Gasteiger partial charge on any atom is -0.457 e. The highest BCUT2D eigenvalue weighted by atomic mass is 32.1. The summed E-state index contributed by atoms with van der Waals surface area (Å²) in [6, 6.07) is 7.31. The average molecular weight is 414 g/mol. The lowest BCUT2D eigenvalue weighted by Gasteiger charge is -2.39. The number of fused-ring (bicyclic) bond motifs is 1. The van der Waals surface area contributed by atoms with Gasteiger partial charge in [-0.05, 0) is 32.9 Å². The molecule has 0 bridgehead atoms. The maximum absolute atomic E-state index is 12.8. The average Bonchev–Trinajstić information content (AvgIpc) is 3.03. The van der Waals surface area contributed by atoms with Crippen molar-refractivity contribution >= 4 is 45.6 Å². The lowest BCUT2D eigenvalue weighted by molar-refractivity contribution is -0.124. The summed E-state index contributed by atoms with van der Waals surface area (Å²) < 4.78 is 5.01. The summed E-state index contributed by atoms with van der Waals surface area (Å²) in [5.41, 5.74) is 1.04. The van der Waals surface area contributed by atoms with Crippen molar-refractivity contribution in [2.75, 3.05) is 28.7 Å². The summed E-state index contributed by atoms with van der Waals surface area (Å²) in [4.78, 5) is 43.5. The zero-order chi connectivity index (χ0) is 21.2. The highest BCUT2D eigenvalue weighted by molar-refractivity contribution is 7.17. The van der Waals surface area contributed by atoms with Gasteiger partial charge in [0.1, 0.15) is 23.6 Å². The zero-order valence-electron chi connectivity index (χ0n) is 16.4. The van der Waals surface area contributed by atoms with Crippen molar-refractivity contribution < 1.29 is 19.1 Å². The van der Waals surface area contributed by atoms with Gasteiger partial charge in [0.2, 0.25) is 5.91 Å². The van der Waals surface area contributed by atoms with Crippen molar-refractivity contribution in [1.29, 1.82) is 0 Å². The van der Waals surface area contributed by atoms with Crippen LogP contribution in [0.2, 0.25) is 0 Å². The number of anilines is 3. The van der Waals surface area contributed by atoms with Crippen molar-refractivity contribution in [2.45, 2.75) is 26.3 Å². The molecular weight excluding hydrogens is 392 g/mol. The smallest absolute Gasteiger partial charge is 0.350 e. The van der Waals surface area contributed by atoms with Crippen molar-refractivity contribution in [1.82, 2.24) is 4.98 Å². The number of carbonyl (C=O) groups is 3. The van der Waals surface area contributed by atoms with E-state index >= 15 is 0 Å². The first-order chi connectivity index (χ1) is 13.7. The summed E-state index contributed by atoms with van der Waals surface area (Å²) in [5.74, 6) is -1.14. The number of para-hydroxylation sites is 2. The Morgan fingerprint density at radius 3 is 2.83 bits per heavy atom. The summed E-state index contributed by atoms with van der Waals surface area (Å²) in [7, 11) is 0. The van der Waals surface area contributed by atoms with Crippen LogP contribution in [0, 0.1) is 6.92 Å². The Kier molecular flexibility index (Phi) is 5.69. The van der Waals surface area contributed by atoms with Crippen LogP contribution in [0.15, 0.2) is 36.9 Å². The molecule has 0 radical (unpaired) electrons. The van der Waals surface area contributed by atoms with E-state index in [1.54, 1.807) is 26.8 Å². The summed E-state index contributed by atoms with van der Waals surface area (Å²) in [5, 5.41) is 6.13. The number of ether oxygens (including phenoxy) is 1. The van der Waals surface area contributed by atoms with Crippen LogP contribution in [0.1, 0.15) is 29.2 Å². The molecule has 0 saturated heterocycles. The van der Waals surface area contributed by atoms with Crippen molar-refractivity contribution in [3.63, 3.8) is 0 Å². The van der Waals surface area contributed by atoms with Gasteiger partial charge in [-0.15, -0.1) is 0 Å². The van der Waals surface area contributed by atoms with Gasteiger partial charge in [-0.3, -0.25) is 14.5 Å². The highest BCUT2D eigenvalue weighted by Crippen LogP contribution is 2.35. The van der Waals surface area contributed by atoms with Gasteiger partial charge in [0, 0.05) is 0 Å². The van der Waals surface area contributed by atoms with E-state index in [2.05, 4.69) is 22.2 Å². The van der Waals surface area contributed by atoms with Crippen LogP contribution >= 0.6 is 11.3 Å². The molecule has 0 spiro atoms. The molecule has 9 heteroatoms. The van der Waals surface area contributed by atoms with Gasteiger partial charge in [0.15, 0.2) is 5.13 Å². The maximum atomic E-state index is 12.8. The van der Waals surface area contributed by atoms with Crippen LogP contribution in [0.4, 0.5) is 16.5 Å². The van der Waals surface area contributed by atoms with E-state index in [-0.39, 0.29) is 24.2 Å². The van der Waals surface area contributed by atoms with E-state index in [1.165, 1.54) is 11.0 Å². The molecule has 1 aromatic carbocycles. The Balaban J connectivity index is 1.75. The Bertz CT molecular complexity index is 983. The molecular formula is C20H22N4O4S. The Hall–Kier alpha value is -3.20. The third kappa shape index (κ3) is 4.29. The summed E-state index contributed by atoms with van der Waals surface area (Å²) >= 11 is 1.03. The normalized spacial score (nSPS) is 14.6. The second-order valence-electron chi connectivity index (χ2n) is 7.03. The Labute approximate surface area is 172 Å². The van der Waals surface area contributed by atoms with Crippen molar-refractivity contribution in [3.8, 4) is 0 Å². The van der Waals surface area contributed by atoms with Gasteiger partial charge in [-0.1, -0.05) is 36.1 Å². The van der Waals surface area contributed by atoms with Crippen LogP contribution in [-0.4, -0.2) is 41.5 Å². The summed E-state index contributed by atoms with van der Waals surface area (Å²) in [6.07, 6.45) is 1.47. The number of aryl methyl sites for hydroxylation is 1. The first-order valence-corrected chi connectivity index (χ1v) is 9.79. The lowest BCUT2D eigenvalue weighted by Crippen LogP contribution is -2.55. The molecule has 0 fully saturated rings. The molecule has 0 atom stereocenters. The number of hydrogen-bond acceptors (Lipinski definition) is 7. The molecule has 3 rings (SSSR count). The van der Waals surface area contributed by atoms with Crippen LogP contribution in [0.5, 0.6) is 0 Å². The number of amides is 2. The molecule has 152 valence electrons.